The van der Waals surface area contributed by atoms with Gasteiger partial charge in [-0.2, -0.15) is 0 Å². The first kappa shape index (κ1) is 16.1. The maximum atomic E-state index is 10.9. The van der Waals surface area contributed by atoms with Crippen LogP contribution in [-0.2, 0) is 9.59 Å². The predicted molar refractivity (Wildman–Crippen MR) is 56.1 cm³/mol. The fourth-order valence-corrected chi connectivity index (χ4v) is 1.50. The highest BCUT2D eigenvalue weighted by Crippen LogP contribution is 2.30. The molecule has 0 spiro atoms. The molecule has 0 heterocycles. The molecule has 0 aromatic heterocycles. The molecule has 2 N–H and O–H groups in total. The first-order chi connectivity index (χ1) is 6.01. The van der Waals surface area contributed by atoms with E-state index in [9.17, 15) is 9.59 Å². The Morgan fingerprint density at radius 3 is 1.43 bits per heavy atom. The van der Waals surface area contributed by atoms with E-state index in [1.54, 1.807) is 13.8 Å². The van der Waals surface area contributed by atoms with E-state index in [0.29, 0.717) is 12.8 Å². The Bertz CT molecular complexity index is 181. The van der Waals surface area contributed by atoms with E-state index in [1.165, 1.54) is 0 Å². The van der Waals surface area contributed by atoms with Crippen LogP contribution in [0.2, 0.25) is 0 Å². The minimum atomic E-state index is -1.57. The third-order valence-corrected chi connectivity index (χ3v) is 2.17. The standard InChI is InChI=1S/C9H16O4.Mg.2H/c1-3-5-9(6-4-2,7(10)11)8(12)13;;;/h3-6H2,1-2H3,(H,10,11)(H,12,13);;;. The van der Waals surface area contributed by atoms with Crippen molar-refractivity contribution < 1.29 is 19.8 Å². The molecule has 0 aromatic carbocycles. The number of aliphatic carboxylic acids is 2. The summed E-state index contributed by atoms with van der Waals surface area (Å²) in [5.74, 6) is -2.44. The Balaban J connectivity index is 0. The summed E-state index contributed by atoms with van der Waals surface area (Å²) in [5.41, 5.74) is -1.57. The van der Waals surface area contributed by atoms with E-state index in [0.717, 1.165) is 0 Å². The smallest absolute Gasteiger partial charge is 0.321 e. The third-order valence-electron chi connectivity index (χ3n) is 2.17. The molecule has 0 aliphatic rings. The van der Waals surface area contributed by atoms with Crippen molar-refractivity contribution >= 4 is 35.0 Å². The minimum Gasteiger partial charge on any atom is -0.480 e. The molecule has 14 heavy (non-hydrogen) atoms. The summed E-state index contributed by atoms with van der Waals surface area (Å²) in [6.45, 7) is 3.58. The molecule has 4 nitrogen and oxygen atoms in total. The van der Waals surface area contributed by atoms with Crippen LogP contribution >= 0.6 is 0 Å². The van der Waals surface area contributed by atoms with Gasteiger partial charge in [0.15, 0.2) is 5.41 Å². The van der Waals surface area contributed by atoms with Crippen molar-refractivity contribution in [1.82, 2.24) is 0 Å². The van der Waals surface area contributed by atoms with E-state index in [1.807, 2.05) is 0 Å². The summed E-state index contributed by atoms with van der Waals surface area (Å²) < 4.78 is 0. The van der Waals surface area contributed by atoms with Crippen molar-refractivity contribution in [3.8, 4) is 0 Å². The Hall–Kier alpha value is -0.294. The minimum absolute atomic E-state index is 0. The van der Waals surface area contributed by atoms with Crippen molar-refractivity contribution in [1.29, 1.82) is 0 Å². The molecular formula is C9H18MgO4. The molecule has 0 aliphatic carbocycles. The number of hydrogen-bond acceptors (Lipinski definition) is 2. The molecular weight excluding hydrogens is 196 g/mol. The molecule has 0 saturated carbocycles. The monoisotopic (exact) mass is 214 g/mol. The lowest BCUT2D eigenvalue weighted by atomic mass is 9.79. The molecule has 0 atom stereocenters. The average Bonchev–Trinajstić information content (AvgIpc) is 2.03. The van der Waals surface area contributed by atoms with Gasteiger partial charge in [-0.1, -0.05) is 26.7 Å². The van der Waals surface area contributed by atoms with E-state index in [4.69, 9.17) is 10.2 Å². The lowest BCUT2D eigenvalue weighted by Crippen LogP contribution is -2.39. The Morgan fingerprint density at radius 2 is 1.29 bits per heavy atom. The summed E-state index contributed by atoms with van der Waals surface area (Å²) in [6.07, 6.45) is 1.54. The summed E-state index contributed by atoms with van der Waals surface area (Å²) in [4.78, 5) is 21.7. The van der Waals surface area contributed by atoms with Gasteiger partial charge in [0.25, 0.3) is 0 Å². The molecule has 0 aromatic rings. The van der Waals surface area contributed by atoms with Crippen molar-refractivity contribution in [3.63, 3.8) is 0 Å². The maximum absolute atomic E-state index is 10.9. The van der Waals surface area contributed by atoms with Gasteiger partial charge in [0.05, 0.1) is 0 Å². The highest BCUT2D eigenvalue weighted by molar-refractivity contribution is 5.98. The number of carboxylic acids is 2. The van der Waals surface area contributed by atoms with Crippen LogP contribution in [0, 0.1) is 5.41 Å². The topological polar surface area (TPSA) is 74.6 Å². The van der Waals surface area contributed by atoms with Gasteiger partial charge >= 0.3 is 35.0 Å². The Labute approximate surface area is 99.8 Å². The largest absolute Gasteiger partial charge is 0.480 e. The highest BCUT2D eigenvalue weighted by atomic mass is 24.3. The number of hydrogen-bond donors (Lipinski definition) is 2. The van der Waals surface area contributed by atoms with Gasteiger partial charge in [-0.3, -0.25) is 9.59 Å². The predicted octanol–water partition coefficient (Wildman–Crippen LogP) is 0.826. The highest BCUT2D eigenvalue weighted by Gasteiger charge is 2.44. The Morgan fingerprint density at radius 1 is 1.00 bits per heavy atom. The van der Waals surface area contributed by atoms with Crippen molar-refractivity contribution in [2.24, 2.45) is 5.41 Å². The second kappa shape index (κ2) is 7.06. The van der Waals surface area contributed by atoms with Gasteiger partial charge in [0, 0.05) is 0 Å². The van der Waals surface area contributed by atoms with Crippen LogP contribution in [0.4, 0.5) is 0 Å². The van der Waals surface area contributed by atoms with E-state index in [-0.39, 0.29) is 35.9 Å². The van der Waals surface area contributed by atoms with Crippen molar-refractivity contribution in [2.45, 2.75) is 39.5 Å². The zero-order chi connectivity index (χ0) is 10.5. The number of carboxylic acid groups (broad SMARTS) is 2. The first-order valence-electron chi connectivity index (χ1n) is 4.48. The summed E-state index contributed by atoms with van der Waals surface area (Å²) in [5, 5.41) is 17.8. The number of rotatable bonds is 6. The molecule has 5 heteroatoms. The van der Waals surface area contributed by atoms with Crippen molar-refractivity contribution in [2.75, 3.05) is 0 Å². The summed E-state index contributed by atoms with van der Waals surface area (Å²) >= 11 is 0. The molecule has 0 unspecified atom stereocenters. The van der Waals surface area contributed by atoms with Crippen LogP contribution in [0.25, 0.3) is 0 Å². The van der Waals surface area contributed by atoms with Gasteiger partial charge in [-0.25, -0.2) is 0 Å². The van der Waals surface area contributed by atoms with E-state index >= 15 is 0 Å². The van der Waals surface area contributed by atoms with E-state index in [2.05, 4.69) is 0 Å². The molecule has 0 fully saturated rings. The van der Waals surface area contributed by atoms with Crippen molar-refractivity contribution in [3.05, 3.63) is 0 Å². The molecule has 0 saturated heterocycles. The fraction of sp³-hybridized carbons (Fsp3) is 0.778. The Kier molecular flexibility index (Phi) is 8.14. The summed E-state index contributed by atoms with van der Waals surface area (Å²) in [6, 6.07) is 0. The van der Waals surface area contributed by atoms with E-state index < -0.39 is 17.4 Å². The maximum Gasteiger partial charge on any atom is 0.321 e. The lowest BCUT2D eigenvalue weighted by Gasteiger charge is -2.23. The van der Waals surface area contributed by atoms with Crippen LogP contribution in [0.3, 0.4) is 0 Å². The van der Waals surface area contributed by atoms with Gasteiger partial charge in [0.1, 0.15) is 0 Å². The second-order valence-electron chi connectivity index (χ2n) is 3.19. The quantitative estimate of drug-likeness (QED) is 0.507. The second-order valence-corrected chi connectivity index (χ2v) is 3.19. The average molecular weight is 215 g/mol. The SMILES string of the molecule is CCCC(CCC)(C(=O)O)C(=O)O.[MgH2]. The van der Waals surface area contributed by atoms with Gasteiger partial charge in [-0.05, 0) is 12.8 Å². The van der Waals surface area contributed by atoms with Crippen LogP contribution < -0.4 is 0 Å². The lowest BCUT2D eigenvalue weighted by molar-refractivity contribution is -0.166. The molecule has 0 radical (unpaired) electrons. The molecule has 0 bridgehead atoms. The third kappa shape index (κ3) is 3.46. The zero-order valence-corrected chi connectivity index (χ0v) is 8.04. The molecule has 0 rings (SSSR count). The van der Waals surface area contributed by atoms with Crippen LogP contribution in [-0.4, -0.2) is 45.2 Å². The van der Waals surface area contributed by atoms with Gasteiger partial charge in [0.2, 0.25) is 0 Å². The first-order valence-corrected chi connectivity index (χ1v) is 4.48. The van der Waals surface area contributed by atoms with Gasteiger partial charge in [-0.15, -0.1) is 0 Å². The van der Waals surface area contributed by atoms with Crippen LogP contribution in [0.5, 0.6) is 0 Å². The molecule has 80 valence electrons. The fourth-order valence-electron chi connectivity index (χ4n) is 1.50. The molecule has 0 amide bonds. The van der Waals surface area contributed by atoms with Crippen LogP contribution in [0.1, 0.15) is 39.5 Å². The summed E-state index contributed by atoms with van der Waals surface area (Å²) in [7, 11) is 0. The number of carbonyl (C=O) groups is 2. The zero-order valence-electron chi connectivity index (χ0n) is 8.04. The van der Waals surface area contributed by atoms with Crippen LogP contribution in [0.15, 0.2) is 0 Å². The van der Waals surface area contributed by atoms with Gasteiger partial charge < -0.3 is 10.2 Å². The molecule has 0 aliphatic heterocycles. The normalized spacial score (nSPS) is 10.4.